The van der Waals surface area contributed by atoms with E-state index in [0.29, 0.717) is 30.0 Å². The zero-order valence-electron chi connectivity index (χ0n) is 21.7. The number of rotatable bonds is 6. The summed E-state index contributed by atoms with van der Waals surface area (Å²) in [6, 6.07) is 7.46. The Morgan fingerprint density at radius 2 is 1.95 bits per heavy atom. The van der Waals surface area contributed by atoms with E-state index in [0.717, 1.165) is 44.4 Å². The normalized spacial score (nSPS) is 22.8. The third-order valence-electron chi connectivity index (χ3n) is 7.69. The maximum Gasteiger partial charge on any atom is 0.302 e. The van der Waals surface area contributed by atoms with Gasteiger partial charge in [-0.3, -0.25) is 9.59 Å². The van der Waals surface area contributed by atoms with Crippen LogP contribution >= 0.6 is 0 Å². The summed E-state index contributed by atoms with van der Waals surface area (Å²) >= 11 is 0. The number of hydrogen-bond donors (Lipinski definition) is 0. The van der Waals surface area contributed by atoms with Crippen LogP contribution in [0.2, 0.25) is 0 Å². The third kappa shape index (κ3) is 4.76. The number of esters is 1. The Morgan fingerprint density at radius 1 is 1.16 bits per heavy atom. The highest BCUT2D eigenvalue weighted by atomic mass is 19.3. The molecule has 202 valence electrons. The Balaban J connectivity index is 1.43. The molecule has 0 bridgehead atoms. The molecule has 1 saturated heterocycles. The highest BCUT2D eigenvalue weighted by molar-refractivity contribution is 5.93. The van der Waals surface area contributed by atoms with E-state index in [-0.39, 0.29) is 23.1 Å². The van der Waals surface area contributed by atoms with Gasteiger partial charge in [0.05, 0.1) is 17.5 Å². The summed E-state index contributed by atoms with van der Waals surface area (Å²) in [6.07, 6.45) is 4.69. The minimum absolute atomic E-state index is 0.122. The highest BCUT2D eigenvalue weighted by Gasteiger charge is 2.69. The monoisotopic (exact) mass is 528 g/mol. The quantitative estimate of drug-likeness (QED) is 0.400. The molecule has 2 aromatic heterocycles. The first kappa shape index (κ1) is 26.2. The van der Waals surface area contributed by atoms with Crippen LogP contribution in [0.1, 0.15) is 74.1 Å². The van der Waals surface area contributed by atoms with E-state index >= 15 is 4.39 Å². The number of halogens is 3. The average Bonchev–Trinajstić information content (AvgIpc) is 3.28. The van der Waals surface area contributed by atoms with E-state index in [4.69, 9.17) is 4.74 Å². The molecule has 5 rings (SSSR count). The Kier molecular flexibility index (Phi) is 6.92. The Hall–Kier alpha value is -3.43. The lowest BCUT2D eigenvalue weighted by Crippen LogP contribution is -2.38. The molecule has 2 aliphatic rings. The number of fused-ring (bicyclic) bond motifs is 1. The van der Waals surface area contributed by atoms with Gasteiger partial charge >= 0.3 is 5.97 Å². The summed E-state index contributed by atoms with van der Waals surface area (Å²) in [4.78, 5) is 30.8. The van der Waals surface area contributed by atoms with Crippen LogP contribution in [0, 0.1) is 11.7 Å². The van der Waals surface area contributed by atoms with Crippen LogP contribution in [-0.4, -0.2) is 56.5 Å². The van der Waals surface area contributed by atoms with E-state index in [9.17, 15) is 18.4 Å². The van der Waals surface area contributed by atoms with Gasteiger partial charge in [0.25, 0.3) is 11.8 Å². The number of aryl methyl sites for hydroxylation is 1. The fourth-order valence-corrected chi connectivity index (χ4v) is 5.45. The number of carbonyl (C=O) groups excluding carboxylic acids is 2. The SMILES string of the molecule is CCc1cc(C(=O)N2CCCCC[C@H]2C)nc2cc(-c3ccc([C@@H]4[C@@H](COC(C)=O)C4(F)F)cc3F)nn12. The Bertz CT molecular complexity index is 1390. The topological polar surface area (TPSA) is 76.8 Å². The van der Waals surface area contributed by atoms with Gasteiger partial charge in [0.2, 0.25) is 0 Å². The molecule has 1 aliphatic carbocycles. The fourth-order valence-electron chi connectivity index (χ4n) is 5.45. The number of amides is 1. The van der Waals surface area contributed by atoms with E-state index in [2.05, 4.69) is 17.0 Å². The smallest absolute Gasteiger partial charge is 0.302 e. The molecule has 7 nitrogen and oxygen atoms in total. The van der Waals surface area contributed by atoms with Crippen molar-refractivity contribution in [2.45, 2.75) is 70.8 Å². The lowest BCUT2D eigenvalue weighted by Gasteiger charge is -2.27. The Labute approximate surface area is 219 Å². The molecule has 2 fully saturated rings. The zero-order valence-corrected chi connectivity index (χ0v) is 21.7. The number of likely N-dealkylation sites (tertiary alicyclic amines) is 1. The zero-order chi connectivity index (χ0) is 27.2. The first-order valence-corrected chi connectivity index (χ1v) is 13.1. The summed E-state index contributed by atoms with van der Waals surface area (Å²) < 4.78 is 50.1. The van der Waals surface area contributed by atoms with Crippen molar-refractivity contribution in [3.8, 4) is 11.3 Å². The van der Waals surface area contributed by atoms with Crippen LogP contribution in [0.25, 0.3) is 16.9 Å². The fraction of sp³-hybridized carbons (Fsp3) is 0.500. The first-order valence-electron chi connectivity index (χ1n) is 13.1. The molecule has 38 heavy (non-hydrogen) atoms. The average molecular weight is 529 g/mol. The number of hydrogen-bond acceptors (Lipinski definition) is 5. The molecular weight excluding hydrogens is 497 g/mol. The first-order chi connectivity index (χ1) is 18.1. The molecule has 1 amide bonds. The molecule has 3 heterocycles. The Morgan fingerprint density at radius 3 is 2.66 bits per heavy atom. The molecule has 1 aromatic carbocycles. The summed E-state index contributed by atoms with van der Waals surface area (Å²) in [7, 11) is 0. The number of nitrogens with zero attached hydrogens (tertiary/aromatic N) is 4. The second-order valence-electron chi connectivity index (χ2n) is 10.3. The molecule has 10 heteroatoms. The van der Waals surface area contributed by atoms with Gasteiger partial charge in [0, 0.05) is 36.8 Å². The standard InChI is InChI=1S/C28H31F3N4O3/c1-4-19-13-24(27(37)34-11-7-5-6-8-16(34)2)32-25-14-23(33-35(19)25)20-10-9-18(12-22(20)29)26-21(28(26,30)31)15-38-17(3)36/h9-10,12-14,16,21,26H,4-8,11,15H2,1-3H3/t16-,21-,26-/m1/s1. The maximum atomic E-state index is 15.2. The van der Waals surface area contributed by atoms with Crippen molar-refractivity contribution in [3.05, 3.63) is 53.1 Å². The van der Waals surface area contributed by atoms with Crippen molar-refractivity contribution in [1.82, 2.24) is 19.5 Å². The minimum atomic E-state index is -3.07. The van der Waals surface area contributed by atoms with Crippen molar-refractivity contribution < 1.29 is 27.5 Å². The number of ether oxygens (including phenoxy) is 1. The predicted molar refractivity (Wildman–Crippen MR) is 135 cm³/mol. The number of benzene rings is 1. The molecule has 3 atom stereocenters. The van der Waals surface area contributed by atoms with Crippen LogP contribution in [0.4, 0.5) is 13.2 Å². The van der Waals surface area contributed by atoms with Crippen LogP contribution in [0.3, 0.4) is 0 Å². The summed E-state index contributed by atoms with van der Waals surface area (Å²) in [5.74, 6) is -6.90. The molecule has 0 radical (unpaired) electrons. The summed E-state index contributed by atoms with van der Waals surface area (Å²) in [5, 5.41) is 4.52. The lowest BCUT2D eigenvalue weighted by molar-refractivity contribution is -0.142. The van der Waals surface area contributed by atoms with Gasteiger partial charge in [0.1, 0.15) is 18.1 Å². The van der Waals surface area contributed by atoms with E-state index < -0.39 is 36.2 Å². The van der Waals surface area contributed by atoms with Crippen LogP contribution in [0.5, 0.6) is 0 Å². The maximum absolute atomic E-state index is 15.2. The van der Waals surface area contributed by atoms with Gasteiger partial charge in [-0.25, -0.2) is 22.7 Å². The molecule has 1 aliphatic heterocycles. The van der Waals surface area contributed by atoms with Crippen molar-refractivity contribution in [1.29, 1.82) is 0 Å². The molecule has 1 saturated carbocycles. The second-order valence-corrected chi connectivity index (χ2v) is 10.3. The molecule has 3 aromatic rings. The molecular formula is C28H31F3N4O3. The van der Waals surface area contributed by atoms with Crippen molar-refractivity contribution in [2.75, 3.05) is 13.2 Å². The van der Waals surface area contributed by atoms with Gasteiger partial charge in [-0.15, -0.1) is 0 Å². The van der Waals surface area contributed by atoms with Crippen molar-refractivity contribution in [3.63, 3.8) is 0 Å². The van der Waals surface area contributed by atoms with Crippen LogP contribution in [-0.2, 0) is 16.0 Å². The van der Waals surface area contributed by atoms with Gasteiger partial charge in [-0.1, -0.05) is 25.8 Å². The number of aromatic nitrogens is 3. The number of alkyl halides is 2. The van der Waals surface area contributed by atoms with Gasteiger partial charge in [-0.05, 0) is 49.9 Å². The highest BCUT2D eigenvalue weighted by Crippen LogP contribution is 2.61. The minimum Gasteiger partial charge on any atom is -0.465 e. The van der Waals surface area contributed by atoms with Gasteiger partial charge < -0.3 is 9.64 Å². The van der Waals surface area contributed by atoms with Gasteiger partial charge in [0.15, 0.2) is 5.65 Å². The molecule has 0 N–H and O–H groups in total. The van der Waals surface area contributed by atoms with Crippen molar-refractivity contribution >= 4 is 17.5 Å². The van der Waals surface area contributed by atoms with Crippen LogP contribution in [0.15, 0.2) is 30.3 Å². The largest absolute Gasteiger partial charge is 0.465 e. The van der Waals surface area contributed by atoms with E-state index in [1.54, 1.807) is 16.6 Å². The number of carbonyl (C=O) groups is 2. The van der Waals surface area contributed by atoms with E-state index in [1.807, 2.05) is 11.8 Å². The van der Waals surface area contributed by atoms with E-state index in [1.165, 1.54) is 12.1 Å². The molecule has 0 unspecified atom stereocenters. The van der Waals surface area contributed by atoms with Crippen molar-refractivity contribution in [2.24, 2.45) is 5.92 Å². The van der Waals surface area contributed by atoms with Gasteiger partial charge in [-0.2, -0.15) is 5.10 Å². The predicted octanol–water partition coefficient (Wildman–Crippen LogP) is 5.41. The lowest BCUT2D eigenvalue weighted by atomic mass is 10.0. The third-order valence-corrected chi connectivity index (χ3v) is 7.69. The molecule has 0 spiro atoms. The summed E-state index contributed by atoms with van der Waals surface area (Å²) in [6.45, 7) is 5.44. The summed E-state index contributed by atoms with van der Waals surface area (Å²) in [5.41, 5.74) is 2.10. The second kappa shape index (κ2) is 10.0. The van der Waals surface area contributed by atoms with Crippen LogP contribution < -0.4 is 0 Å².